The molecule has 0 amide bonds. The van der Waals surface area contributed by atoms with E-state index >= 15 is 0 Å². The first-order chi connectivity index (χ1) is 11.7. The van der Waals surface area contributed by atoms with Crippen LogP contribution in [-0.2, 0) is 4.79 Å². The number of aromatic nitrogens is 3. The van der Waals surface area contributed by atoms with E-state index in [4.69, 9.17) is 28.0 Å². The lowest BCUT2D eigenvalue weighted by atomic mass is 10.2. The predicted molar refractivity (Wildman–Crippen MR) is 94.9 cm³/mol. The Bertz CT molecular complexity index is 1140. The number of carbonyl (C=O) groups excluding carboxylic acids is 1. The van der Waals surface area contributed by atoms with Crippen LogP contribution < -0.4 is 16.0 Å². The van der Waals surface area contributed by atoms with Crippen LogP contribution in [0.5, 0.6) is 0 Å². The summed E-state index contributed by atoms with van der Waals surface area (Å²) in [4.78, 5) is 41.5. The van der Waals surface area contributed by atoms with Crippen molar-refractivity contribution in [2.45, 2.75) is 20.8 Å². The molecule has 2 heterocycles. The van der Waals surface area contributed by atoms with Crippen molar-refractivity contribution in [3.63, 3.8) is 0 Å². The zero-order valence-electron chi connectivity index (χ0n) is 13.5. The van der Waals surface area contributed by atoms with Gasteiger partial charge in [0.25, 0.3) is 11.1 Å². The largest absolute Gasteiger partial charge is 0.334 e. The second-order valence-electron chi connectivity index (χ2n) is 5.49. The molecule has 0 aliphatic rings. The number of H-pyrrole nitrogens is 1. The fourth-order valence-corrected chi connectivity index (χ4v) is 2.99. The van der Waals surface area contributed by atoms with Crippen LogP contribution in [0.1, 0.15) is 18.2 Å². The fraction of sp³-hybridized carbons (Fsp3) is 0.188. The van der Waals surface area contributed by atoms with Gasteiger partial charge < -0.3 is 4.84 Å². The topological polar surface area (TPSA) is 86.1 Å². The average Bonchev–Trinajstić information content (AvgIpc) is 2.89. The van der Waals surface area contributed by atoms with Crippen LogP contribution in [0, 0.1) is 13.8 Å². The van der Waals surface area contributed by atoms with Crippen molar-refractivity contribution in [1.82, 2.24) is 14.5 Å². The molecular weight excluding hydrogens is 369 g/mol. The molecule has 3 aromatic rings. The van der Waals surface area contributed by atoms with Crippen molar-refractivity contribution in [3.05, 3.63) is 60.2 Å². The maximum Gasteiger partial charge on any atom is 0.330 e. The summed E-state index contributed by atoms with van der Waals surface area (Å²) in [6.07, 6.45) is 0. The van der Waals surface area contributed by atoms with Crippen molar-refractivity contribution in [2.75, 3.05) is 0 Å². The highest BCUT2D eigenvalue weighted by molar-refractivity contribution is 6.34. The van der Waals surface area contributed by atoms with E-state index in [0.29, 0.717) is 21.2 Å². The Labute approximate surface area is 151 Å². The van der Waals surface area contributed by atoms with Crippen LogP contribution in [0.3, 0.4) is 0 Å². The smallest absolute Gasteiger partial charge is 0.330 e. The van der Waals surface area contributed by atoms with Crippen molar-refractivity contribution < 1.29 is 9.63 Å². The minimum Gasteiger partial charge on any atom is -0.334 e. The van der Waals surface area contributed by atoms with Gasteiger partial charge in [0.2, 0.25) is 0 Å². The van der Waals surface area contributed by atoms with Crippen molar-refractivity contribution in [3.8, 4) is 5.69 Å². The maximum absolute atomic E-state index is 12.9. The van der Waals surface area contributed by atoms with Crippen molar-refractivity contribution >= 4 is 40.1 Å². The van der Waals surface area contributed by atoms with Gasteiger partial charge in [-0.1, -0.05) is 23.2 Å². The lowest BCUT2D eigenvalue weighted by Gasteiger charge is -2.09. The maximum atomic E-state index is 12.9. The summed E-state index contributed by atoms with van der Waals surface area (Å²) >= 11 is 12.2. The van der Waals surface area contributed by atoms with Gasteiger partial charge in [-0.3, -0.25) is 14.7 Å². The number of fused-ring (bicyclic) bond motifs is 1. The van der Waals surface area contributed by atoms with Gasteiger partial charge in [0, 0.05) is 17.5 Å². The van der Waals surface area contributed by atoms with Crippen LogP contribution in [0.15, 0.2) is 27.8 Å². The van der Waals surface area contributed by atoms with Gasteiger partial charge in [-0.05, 0) is 32.0 Å². The molecule has 2 aromatic heterocycles. The molecule has 1 aromatic carbocycles. The molecule has 0 fully saturated rings. The third kappa shape index (κ3) is 2.75. The number of rotatable bonds is 2. The lowest BCUT2D eigenvalue weighted by Crippen LogP contribution is -2.33. The number of hydrogen-bond acceptors (Lipinski definition) is 4. The molecule has 0 atom stereocenters. The number of aromatic amines is 1. The molecule has 0 aliphatic carbocycles. The molecule has 1 N–H and O–H groups in total. The Kier molecular flexibility index (Phi) is 4.22. The molecule has 0 bridgehead atoms. The molecular formula is C16H13Cl2N3O4. The van der Waals surface area contributed by atoms with Gasteiger partial charge in [0.15, 0.2) is 0 Å². The van der Waals surface area contributed by atoms with E-state index in [-0.39, 0.29) is 16.6 Å². The second kappa shape index (κ2) is 6.09. The van der Waals surface area contributed by atoms with Crippen LogP contribution in [-0.4, -0.2) is 20.5 Å². The summed E-state index contributed by atoms with van der Waals surface area (Å²) in [5.41, 5.74) is 0.147. The molecule has 0 aliphatic heterocycles. The third-order valence-electron chi connectivity index (χ3n) is 3.81. The number of halogens is 2. The molecule has 0 saturated carbocycles. The van der Waals surface area contributed by atoms with Crippen LogP contribution >= 0.6 is 23.2 Å². The van der Waals surface area contributed by atoms with Crippen molar-refractivity contribution in [2.24, 2.45) is 0 Å². The molecule has 130 valence electrons. The second-order valence-corrected chi connectivity index (χ2v) is 6.33. The van der Waals surface area contributed by atoms with Gasteiger partial charge in [-0.25, -0.2) is 9.48 Å². The van der Waals surface area contributed by atoms with Gasteiger partial charge in [0.1, 0.15) is 0 Å². The number of nitrogens with zero attached hydrogens (tertiary/aromatic N) is 2. The quantitative estimate of drug-likeness (QED) is 0.738. The van der Waals surface area contributed by atoms with Gasteiger partial charge in [0.05, 0.1) is 27.3 Å². The minimum absolute atomic E-state index is 0.207. The monoisotopic (exact) mass is 381 g/mol. The third-order valence-corrected chi connectivity index (χ3v) is 4.36. The fourth-order valence-electron chi connectivity index (χ4n) is 2.62. The lowest BCUT2D eigenvalue weighted by molar-refractivity contribution is -0.142. The Morgan fingerprint density at radius 1 is 1.16 bits per heavy atom. The summed E-state index contributed by atoms with van der Waals surface area (Å²) in [6.45, 7) is 4.22. The predicted octanol–water partition coefficient (Wildman–Crippen LogP) is 2.38. The Morgan fingerprint density at radius 2 is 1.84 bits per heavy atom. The molecule has 0 radical (unpaired) electrons. The normalized spacial score (nSPS) is 11.1. The molecule has 25 heavy (non-hydrogen) atoms. The number of aryl methyl sites for hydroxylation is 2. The molecule has 0 saturated heterocycles. The van der Waals surface area contributed by atoms with Crippen LogP contribution in [0.2, 0.25) is 10.0 Å². The van der Waals surface area contributed by atoms with Gasteiger partial charge in [-0.2, -0.15) is 0 Å². The number of benzene rings is 1. The zero-order valence-corrected chi connectivity index (χ0v) is 15.0. The highest BCUT2D eigenvalue weighted by Crippen LogP contribution is 2.24. The molecule has 9 heteroatoms. The van der Waals surface area contributed by atoms with E-state index in [2.05, 4.69) is 5.10 Å². The van der Waals surface area contributed by atoms with Crippen LogP contribution in [0.25, 0.3) is 16.6 Å². The average molecular weight is 382 g/mol. The first-order valence-corrected chi connectivity index (χ1v) is 7.99. The highest BCUT2D eigenvalue weighted by atomic mass is 35.5. The Hall–Kier alpha value is -2.51. The van der Waals surface area contributed by atoms with Crippen LogP contribution in [0.4, 0.5) is 0 Å². The highest BCUT2D eigenvalue weighted by Gasteiger charge is 2.21. The number of nitrogens with one attached hydrogen (secondary N) is 1. The van der Waals surface area contributed by atoms with E-state index in [0.717, 1.165) is 4.73 Å². The molecule has 7 nitrogen and oxygen atoms in total. The first kappa shape index (κ1) is 17.3. The summed E-state index contributed by atoms with van der Waals surface area (Å²) in [6, 6.07) is 4.69. The van der Waals surface area contributed by atoms with Gasteiger partial charge in [-0.15, -0.1) is 4.73 Å². The summed E-state index contributed by atoms with van der Waals surface area (Å²) < 4.78 is 2.02. The Morgan fingerprint density at radius 3 is 2.48 bits per heavy atom. The van der Waals surface area contributed by atoms with E-state index < -0.39 is 17.1 Å². The SMILES string of the molecule is CC(=O)On1c(C)c2c(=O)n(-c3cc(Cl)ccc3Cl)[nH]c2c(C)c1=O. The summed E-state index contributed by atoms with van der Waals surface area (Å²) in [5.74, 6) is -0.669. The molecule has 0 spiro atoms. The van der Waals surface area contributed by atoms with Crippen molar-refractivity contribution in [1.29, 1.82) is 0 Å². The number of hydrogen-bond donors (Lipinski definition) is 1. The van der Waals surface area contributed by atoms with E-state index in [1.807, 2.05) is 0 Å². The Balaban J connectivity index is 2.42. The standard InChI is InChI=1S/C16H13Cl2N3O4/c1-7-14-13(8(2)21(15(7)23)25-9(3)22)16(24)20(19-14)12-6-10(17)4-5-11(12)18/h4-6,19H,1-3H3. The zero-order chi connectivity index (χ0) is 18.5. The first-order valence-electron chi connectivity index (χ1n) is 7.23. The number of pyridine rings is 1. The number of carbonyl (C=O) groups is 1. The molecule has 3 rings (SSSR count). The van der Waals surface area contributed by atoms with E-state index in [1.165, 1.54) is 31.5 Å². The molecule has 0 unspecified atom stereocenters. The van der Waals surface area contributed by atoms with E-state index in [1.54, 1.807) is 12.1 Å². The minimum atomic E-state index is -0.669. The van der Waals surface area contributed by atoms with Gasteiger partial charge >= 0.3 is 5.97 Å². The summed E-state index contributed by atoms with van der Waals surface area (Å²) in [5, 5.41) is 3.81. The summed E-state index contributed by atoms with van der Waals surface area (Å²) in [7, 11) is 0. The van der Waals surface area contributed by atoms with E-state index in [9.17, 15) is 14.4 Å².